The average molecular weight is 318 g/mol. The Morgan fingerprint density at radius 1 is 1.35 bits per heavy atom. The number of hydrogen-bond donors (Lipinski definition) is 1. The molecule has 1 aliphatic rings. The molecule has 1 N–H and O–H groups in total. The number of likely N-dealkylation sites (tertiary alicyclic amines) is 1. The maximum atomic E-state index is 12.5. The van der Waals surface area contributed by atoms with Crippen LogP contribution in [0.25, 0.3) is 0 Å². The highest BCUT2D eigenvalue weighted by molar-refractivity contribution is 5.94. The number of carbonyl (C=O) groups excluding carboxylic acids is 2. The third-order valence-corrected chi connectivity index (χ3v) is 4.32. The minimum absolute atomic E-state index is 0.0129. The lowest BCUT2D eigenvalue weighted by Crippen LogP contribution is -2.45. The normalized spacial score (nSPS) is 16.9. The number of nitrogens with zero attached hydrogens (tertiary/aromatic N) is 1. The summed E-state index contributed by atoms with van der Waals surface area (Å²) < 4.78 is 5.74. The van der Waals surface area contributed by atoms with Gasteiger partial charge in [-0.1, -0.05) is 12.1 Å². The molecule has 23 heavy (non-hydrogen) atoms. The zero-order chi connectivity index (χ0) is 16.8. The van der Waals surface area contributed by atoms with E-state index in [4.69, 9.17) is 4.74 Å². The number of carbonyl (C=O) groups is 2. The van der Waals surface area contributed by atoms with E-state index in [1.807, 2.05) is 11.9 Å². The second-order valence-electron chi connectivity index (χ2n) is 6.17. The second kappa shape index (κ2) is 8.11. The van der Waals surface area contributed by atoms with Crippen molar-refractivity contribution in [2.45, 2.75) is 32.8 Å². The summed E-state index contributed by atoms with van der Waals surface area (Å²) in [5.74, 6) is 1.21. The van der Waals surface area contributed by atoms with Crippen molar-refractivity contribution in [1.29, 1.82) is 0 Å². The molecular weight excluding hydrogens is 292 g/mol. The predicted molar refractivity (Wildman–Crippen MR) is 89.8 cm³/mol. The van der Waals surface area contributed by atoms with Crippen LogP contribution in [0.3, 0.4) is 0 Å². The summed E-state index contributed by atoms with van der Waals surface area (Å²) in [5, 5.41) is 3.20. The number of rotatable bonds is 6. The van der Waals surface area contributed by atoms with Gasteiger partial charge in [-0.3, -0.25) is 9.59 Å². The maximum absolute atomic E-state index is 12.5. The minimum atomic E-state index is -0.543. The number of benzene rings is 1. The van der Waals surface area contributed by atoms with Crippen molar-refractivity contribution in [2.24, 2.45) is 5.92 Å². The fraction of sp³-hybridized carbons (Fsp3) is 0.556. The van der Waals surface area contributed by atoms with Gasteiger partial charge in [0, 0.05) is 18.7 Å². The van der Waals surface area contributed by atoms with E-state index in [1.54, 1.807) is 31.2 Å². The summed E-state index contributed by atoms with van der Waals surface area (Å²) in [7, 11) is 1.96. The zero-order valence-electron chi connectivity index (χ0n) is 14.2. The summed E-state index contributed by atoms with van der Waals surface area (Å²) in [6, 6.07) is 6.97. The third-order valence-electron chi connectivity index (χ3n) is 4.32. The topological polar surface area (TPSA) is 58.6 Å². The van der Waals surface area contributed by atoms with Crippen LogP contribution in [0.2, 0.25) is 0 Å². The number of nitrogens with one attached hydrogen (secondary N) is 1. The molecule has 1 heterocycles. The van der Waals surface area contributed by atoms with Crippen molar-refractivity contribution < 1.29 is 14.3 Å². The predicted octanol–water partition coefficient (Wildman–Crippen LogP) is 2.11. The van der Waals surface area contributed by atoms with Crippen LogP contribution in [0.5, 0.6) is 5.75 Å². The molecule has 1 aliphatic heterocycles. The quantitative estimate of drug-likeness (QED) is 0.816. The van der Waals surface area contributed by atoms with E-state index in [2.05, 4.69) is 5.32 Å². The van der Waals surface area contributed by atoms with E-state index < -0.39 is 6.10 Å². The molecule has 1 atom stereocenters. The van der Waals surface area contributed by atoms with Gasteiger partial charge in [-0.05, 0) is 58.3 Å². The molecule has 2 rings (SSSR count). The van der Waals surface area contributed by atoms with Gasteiger partial charge in [0.1, 0.15) is 5.75 Å². The maximum Gasteiger partial charge on any atom is 0.263 e. The highest BCUT2D eigenvalue weighted by atomic mass is 16.5. The van der Waals surface area contributed by atoms with Crippen LogP contribution in [-0.2, 0) is 4.79 Å². The molecular formula is C18H26N2O3. The van der Waals surface area contributed by atoms with Gasteiger partial charge in [-0.2, -0.15) is 0 Å². The molecule has 1 amide bonds. The summed E-state index contributed by atoms with van der Waals surface area (Å²) in [4.78, 5) is 25.8. The van der Waals surface area contributed by atoms with Gasteiger partial charge in [0.25, 0.3) is 5.91 Å². The SMILES string of the molecule is CNCC1CCN(C(=O)C(C)Oc2cccc(C(C)=O)c2)CC1. The smallest absolute Gasteiger partial charge is 0.263 e. The summed E-state index contributed by atoms with van der Waals surface area (Å²) in [6.45, 7) is 5.86. The third kappa shape index (κ3) is 4.79. The molecule has 0 saturated carbocycles. The molecule has 5 heteroatoms. The van der Waals surface area contributed by atoms with E-state index >= 15 is 0 Å². The fourth-order valence-electron chi connectivity index (χ4n) is 2.95. The van der Waals surface area contributed by atoms with Crippen LogP contribution in [0.1, 0.15) is 37.0 Å². The summed E-state index contributed by atoms with van der Waals surface area (Å²) >= 11 is 0. The highest BCUT2D eigenvalue weighted by Crippen LogP contribution is 2.19. The van der Waals surface area contributed by atoms with Crippen molar-refractivity contribution in [3.8, 4) is 5.75 Å². The number of Topliss-reactive ketones (excluding diaryl/α,β-unsaturated/α-hetero) is 1. The molecule has 1 aromatic rings. The molecule has 0 aromatic heterocycles. The molecule has 126 valence electrons. The first-order valence-electron chi connectivity index (χ1n) is 8.22. The number of ether oxygens (including phenoxy) is 1. The zero-order valence-corrected chi connectivity index (χ0v) is 14.2. The molecule has 5 nitrogen and oxygen atoms in total. The van der Waals surface area contributed by atoms with Gasteiger partial charge in [-0.25, -0.2) is 0 Å². The Labute approximate surface area is 138 Å². The first-order chi connectivity index (χ1) is 11.0. The Balaban J connectivity index is 1.90. The number of piperidine rings is 1. The second-order valence-corrected chi connectivity index (χ2v) is 6.17. The summed E-state index contributed by atoms with van der Waals surface area (Å²) in [5.41, 5.74) is 0.593. The van der Waals surface area contributed by atoms with E-state index in [0.29, 0.717) is 17.2 Å². The van der Waals surface area contributed by atoms with E-state index in [-0.39, 0.29) is 11.7 Å². The van der Waals surface area contributed by atoms with Crippen LogP contribution in [0.15, 0.2) is 24.3 Å². The lowest BCUT2D eigenvalue weighted by molar-refractivity contribution is -0.139. The van der Waals surface area contributed by atoms with E-state index in [1.165, 1.54) is 6.92 Å². The van der Waals surface area contributed by atoms with Gasteiger partial charge in [-0.15, -0.1) is 0 Å². The first kappa shape index (κ1) is 17.5. The van der Waals surface area contributed by atoms with Crippen molar-refractivity contribution >= 4 is 11.7 Å². The van der Waals surface area contributed by atoms with Crippen LogP contribution in [-0.4, -0.2) is 49.4 Å². The average Bonchev–Trinajstić information content (AvgIpc) is 2.55. The van der Waals surface area contributed by atoms with E-state index in [0.717, 1.165) is 32.5 Å². The molecule has 1 unspecified atom stereocenters. The van der Waals surface area contributed by atoms with Gasteiger partial charge in [0.2, 0.25) is 0 Å². The number of amides is 1. The van der Waals surface area contributed by atoms with Gasteiger partial charge >= 0.3 is 0 Å². The van der Waals surface area contributed by atoms with Crippen LogP contribution in [0.4, 0.5) is 0 Å². The highest BCUT2D eigenvalue weighted by Gasteiger charge is 2.26. The molecule has 0 radical (unpaired) electrons. The van der Waals surface area contributed by atoms with Crippen LogP contribution in [0, 0.1) is 5.92 Å². The Bertz CT molecular complexity index is 551. The van der Waals surface area contributed by atoms with Gasteiger partial charge < -0.3 is 15.0 Å². The van der Waals surface area contributed by atoms with Crippen molar-refractivity contribution in [3.05, 3.63) is 29.8 Å². The molecule has 1 fully saturated rings. The minimum Gasteiger partial charge on any atom is -0.481 e. The van der Waals surface area contributed by atoms with Gasteiger partial charge in [0.05, 0.1) is 0 Å². The van der Waals surface area contributed by atoms with Crippen molar-refractivity contribution in [2.75, 3.05) is 26.7 Å². The first-order valence-corrected chi connectivity index (χ1v) is 8.22. The molecule has 1 aromatic carbocycles. The Morgan fingerprint density at radius 2 is 2.04 bits per heavy atom. The van der Waals surface area contributed by atoms with E-state index in [9.17, 15) is 9.59 Å². The Hall–Kier alpha value is -1.88. The molecule has 0 bridgehead atoms. The molecule has 0 aliphatic carbocycles. The number of hydrogen-bond acceptors (Lipinski definition) is 4. The lowest BCUT2D eigenvalue weighted by Gasteiger charge is -2.33. The Morgan fingerprint density at radius 3 is 2.65 bits per heavy atom. The lowest BCUT2D eigenvalue weighted by atomic mass is 9.96. The van der Waals surface area contributed by atoms with Crippen molar-refractivity contribution in [1.82, 2.24) is 10.2 Å². The van der Waals surface area contributed by atoms with Crippen LogP contribution >= 0.6 is 0 Å². The van der Waals surface area contributed by atoms with Crippen molar-refractivity contribution in [3.63, 3.8) is 0 Å². The fourth-order valence-corrected chi connectivity index (χ4v) is 2.95. The molecule has 0 spiro atoms. The summed E-state index contributed by atoms with van der Waals surface area (Å²) in [6.07, 6.45) is 1.51. The number of ketones is 1. The standard InChI is InChI=1S/C18H26N2O3/c1-13(21)16-5-4-6-17(11-16)23-14(2)18(22)20-9-7-15(8-10-20)12-19-3/h4-6,11,14-15,19H,7-10,12H2,1-3H3. The Kier molecular flexibility index (Phi) is 6.16. The van der Waals surface area contributed by atoms with Crippen LogP contribution < -0.4 is 10.1 Å². The van der Waals surface area contributed by atoms with Gasteiger partial charge in [0.15, 0.2) is 11.9 Å². The molecule has 1 saturated heterocycles. The monoisotopic (exact) mass is 318 g/mol. The largest absolute Gasteiger partial charge is 0.481 e.